The van der Waals surface area contributed by atoms with Gasteiger partial charge in [0, 0.05) is 5.69 Å². The van der Waals surface area contributed by atoms with Crippen LogP contribution < -0.4 is 14.8 Å². The van der Waals surface area contributed by atoms with Crippen LogP contribution in [-0.2, 0) is 6.61 Å². The van der Waals surface area contributed by atoms with Gasteiger partial charge in [-0.3, -0.25) is 4.79 Å². The third-order valence-electron chi connectivity index (χ3n) is 3.43. The van der Waals surface area contributed by atoms with Crippen LogP contribution in [0.4, 0.5) is 5.69 Å². The smallest absolute Gasteiger partial charge is 0.291 e. The first kappa shape index (κ1) is 16.6. The molecule has 0 unspecified atom stereocenters. The first-order chi connectivity index (χ1) is 12.2. The van der Waals surface area contributed by atoms with Gasteiger partial charge in [-0.15, -0.1) is 0 Å². The van der Waals surface area contributed by atoms with Crippen LogP contribution in [0.1, 0.15) is 23.2 Å². The van der Waals surface area contributed by atoms with Gasteiger partial charge in [0.25, 0.3) is 5.91 Å². The van der Waals surface area contributed by atoms with Gasteiger partial charge in [0.05, 0.1) is 6.61 Å². The van der Waals surface area contributed by atoms with Gasteiger partial charge in [-0.2, -0.15) is 0 Å². The first-order valence-electron chi connectivity index (χ1n) is 8.05. The van der Waals surface area contributed by atoms with Crippen LogP contribution in [0.5, 0.6) is 11.5 Å². The fourth-order valence-electron chi connectivity index (χ4n) is 2.24. The molecule has 0 radical (unpaired) electrons. The average molecular weight is 337 g/mol. The maximum atomic E-state index is 12.1. The molecule has 3 rings (SSSR count). The van der Waals surface area contributed by atoms with E-state index >= 15 is 0 Å². The molecular formula is C20H19NO4. The molecule has 0 saturated carbocycles. The van der Waals surface area contributed by atoms with E-state index in [2.05, 4.69) is 5.32 Å². The molecule has 3 aromatic rings. The minimum atomic E-state index is -0.293. The zero-order valence-electron chi connectivity index (χ0n) is 13.9. The van der Waals surface area contributed by atoms with Gasteiger partial charge in [0.15, 0.2) is 5.76 Å². The summed E-state index contributed by atoms with van der Waals surface area (Å²) in [4.78, 5) is 12.1. The number of anilines is 1. The van der Waals surface area contributed by atoms with E-state index in [4.69, 9.17) is 13.9 Å². The van der Waals surface area contributed by atoms with Crippen molar-refractivity contribution >= 4 is 11.6 Å². The monoisotopic (exact) mass is 337 g/mol. The number of amides is 1. The Labute approximate surface area is 146 Å². The predicted molar refractivity (Wildman–Crippen MR) is 95.0 cm³/mol. The van der Waals surface area contributed by atoms with Crippen LogP contribution in [0.2, 0.25) is 0 Å². The van der Waals surface area contributed by atoms with Crippen molar-refractivity contribution in [3.05, 3.63) is 78.3 Å². The van der Waals surface area contributed by atoms with Crippen LogP contribution in [0.25, 0.3) is 0 Å². The molecule has 1 heterocycles. The van der Waals surface area contributed by atoms with Gasteiger partial charge in [-0.1, -0.05) is 18.2 Å². The van der Waals surface area contributed by atoms with Crippen LogP contribution in [-0.4, -0.2) is 12.5 Å². The Morgan fingerprint density at radius 3 is 2.28 bits per heavy atom. The number of furan rings is 1. The molecule has 1 amide bonds. The molecule has 5 heteroatoms. The molecule has 0 fully saturated rings. The van der Waals surface area contributed by atoms with Crippen molar-refractivity contribution in [3.8, 4) is 11.5 Å². The summed E-state index contributed by atoms with van der Waals surface area (Å²) in [6.07, 6.45) is 0. The van der Waals surface area contributed by atoms with E-state index in [-0.39, 0.29) is 18.3 Å². The van der Waals surface area contributed by atoms with Gasteiger partial charge >= 0.3 is 0 Å². The lowest BCUT2D eigenvalue weighted by molar-refractivity contribution is 0.0992. The second kappa shape index (κ2) is 8.06. The molecule has 128 valence electrons. The van der Waals surface area contributed by atoms with E-state index in [9.17, 15) is 4.79 Å². The predicted octanol–water partition coefficient (Wildman–Crippen LogP) is 4.51. The zero-order valence-corrected chi connectivity index (χ0v) is 13.9. The van der Waals surface area contributed by atoms with E-state index in [1.807, 2.05) is 61.5 Å². The molecule has 0 aliphatic rings. The number of benzene rings is 2. The number of ether oxygens (including phenoxy) is 2. The minimum absolute atomic E-state index is 0.243. The molecular weight excluding hydrogens is 318 g/mol. The quantitative estimate of drug-likeness (QED) is 0.689. The Kier molecular flexibility index (Phi) is 5.36. The molecule has 0 bridgehead atoms. The fraction of sp³-hybridized carbons (Fsp3) is 0.150. The van der Waals surface area contributed by atoms with Crippen LogP contribution in [0.3, 0.4) is 0 Å². The highest BCUT2D eigenvalue weighted by Gasteiger charge is 2.11. The molecule has 0 saturated heterocycles. The Balaban J connectivity index is 1.55. The number of carbonyl (C=O) groups is 1. The van der Waals surface area contributed by atoms with Crippen molar-refractivity contribution in [2.75, 3.05) is 11.9 Å². The summed E-state index contributed by atoms with van der Waals surface area (Å²) in [5, 5.41) is 2.78. The number of hydrogen-bond donors (Lipinski definition) is 1. The second-order valence-electron chi connectivity index (χ2n) is 5.28. The zero-order chi connectivity index (χ0) is 17.5. The van der Waals surface area contributed by atoms with Gasteiger partial charge in [-0.25, -0.2) is 0 Å². The third kappa shape index (κ3) is 4.64. The lowest BCUT2D eigenvalue weighted by Crippen LogP contribution is -2.10. The molecule has 1 aromatic heterocycles. The topological polar surface area (TPSA) is 60.7 Å². The number of hydrogen-bond acceptors (Lipinski definition) is 4. The third-order valence-corrected chi connectivity index (χ3v) is 3.43. The van der Waals surface area contributed by atoms with Crippen molar-refractivity contribution in [3.63, 3.8) is 0 Å². The summed E-state index contributed by atoms with van der Waals surface area (Å²) in [5.74, 6) is 2.03. The fourth-order valence-corrected chi connectivity index (χ4v) is 2.24. The second-order valence-corrected chi connectivity index (χ2v) is 5.28. The highest BCUT2D eigenvalue weighted by molar-refractivity contribution is 6.02. The van der Waals surface area contributed by atoms with Crippen molar-refractivity contribution in [2.24, 2.45) is 0 Å². The number of para-hydroxylation sites is 1. The maximum absolute atomic E-state index is 12.1. The average Bonchev–Trinajstić information content (AvgIpc) is 3.11. The van der Waals surface area contributed by atoms with Gasteiger partial charge in [-0.05, 0) is 55.5 Å². The highest BCUT2D eigenvalue weighted by atomic mass is 16.5. The molecule has 1 N–H and O–H groups in total. The van der Waals surface area contributed by atoms with Crippen LogP contribution >= 0.6 is 0 Å². The summed E-state index contributed by atoms with van der Waals surface area (Å²) < 4.78 is 16.6. The van der Waals surface area contributed by atoms with Crippen LogP contribution in [0.15, 0.2) is 71.1 Å². The normalized spacial score (nSPS) is 10.3. The molecule has 0 atom stereocenters. The Morgan fingerprint density at radius 2 is 1.60 bits per heavy atom. The molecule has 0 aliphatic heterocycles. The standard InChI is InChI=1S/C20H19NO4/c1-2-23-16-8-10-17(11-9-16)24-14-18-12-13-19(25-18)20(22)21-15-6-4-3-5-7-15/h3-13H,2,14H2,1H3,(H,21,22). The minimum Gasteiger partial charge on any atom is -0.494 e. The molecule has 5 nitrogen and oxygen atoms in total. The van der Waals surface area contributed by atoms with Crippen molar-refractivity contribution in [2.45, 2.75) is 13.5 Å². The summed E-state index contributed by atoms with van der Waals surface area (Å²) in [6, 6.07) is 19.9. The van der Waals surface area contributed by atoms with Crippen LogP contribution in [0, 0.1) is 0 Å². The molecule has 25 heavy (non-hydrogen) atoms. The Morgan fingerprint density at radius 1 is 0.920 bits per heavy atom. The Hall–Kier alpha value is -3.21. The lowest BCUT2D eigenvalue weighted by atomic mass is 10.3. The van der Waals surface area contributed by atoms with E-state index in [0.717, 1.165) is 11.4 Å². The van der Waals surface area contributed by atoms with Gasteiger partial charge in [0.1, 0.15) is 23.9 Å². The maximum Gasteiger partial charge on any atom is 0.291 e. The lowest BCUT2D eigenvalue weighted by Gasteiger charge is -2.06. The van der Waals surface area contributed by atoms with Crippen molar-refractivity contribution < 1.29 is 18.7 Å². The van der Waals surface area contributed by atoms with E-state index in [0.29, 0.717) is 18.1 Å². The molecule has 0 spiro atoms. The van der Waals surface area contributed by atoms with Gasteiger partial charge in [0.2, 0.25) is 0 Å². The molecule has 2 aromatic carbocycles. The van der Waals surface area contributed by atoms with E-state index in [1.54, 1.807) is 12.1 Å². The summed E-state index contributed by atoms with van der Waals surface area (Å²) in [5.41, 5.74) is 0.719. The summed E-state index contributed by atoms with van der Waals surface area (Å²) in [6.45, 7) is 2.81. The Bertz CT molecular complexity index is 809. The van der Waals surface area contributed by atoms with E-state index < -0.39 is 0 Å². The van der Waals surface area contributed by atoms with Crippen molar-refractivity contribution in [1.29, 1.82) is 0 Å². The number of carbonyl (C=O) groups excluding carboxylic acids is 1. The first-order valence-corrected chi connectivity index (χ1v) is 8.05. The summed E-state index contributed by atoms with van der Waals surface area (Å²) >= 11 is 0. The largest absolute Gasteiger partial charge is 0.494 e. The summed E-state index contributed by atoms with van der Waals surface area (Å²) in [7, 11) is 0. The van der Waals surface area contributed by atoms with E-state index in [1.165, 1.54) is 0 Å². The number of nitrogens with one attached hydrogen (secondary N) is 1. The van der Waals surface area contributed by atoms with Crippen molar-refractivity contribution in [1.82, 2.24) is 0 Å². The number of rotatable bonds is 7. The van der Waals surface area contributed by atoms with Gasteiger partial charge < -0.3 is 19.2 Å². The SMILES string of the molecule is CCOc1ccc(OCc2ccc(C(=O)Nc3ccccc3)o2)cc1. The highest BCUT2D eigenvalue weighted by Crippen LogP contribution is 2.19. The molecule has 0 aliphatic carbocycles.